The number of hydrogen-bond donors (Lipinski definition) is 2. The van der Waals surface area contributed by atoms with E-state index in [4.69, 9.17) is 5.73 Å². The molecule has 0 aliphatic heterocycles. The lowest BCUT2D eigenvalue weighted by molar-refractivity contribution is 0.497. The van der Waals surface area contributed by atoms with Crippen molar-refractivity contribution in [3.05, 3.63) is 52.8 Å². The summed E-state index contributed by atoms with van der Waals surface area (Å²) in [4.78, 5) is 0. The van der Waals surface area contributed by atoms with Crippen LogP contribution in [0.2, 0.25) is 0 Å². The van der Waals surface area contributed by atoms with E-state index in [0.29, 0.717) is 6.04 Å². The maximum Gasteiger partial charge on any atom is 0.0537 e. The molecule has 1 aromatic carbocycles. The molecule has 0 bridgehead atoms. The summed E-state index contributed by atoms with van der Waals surface area (Å²) < 4.78 is 1.91. The summed E-state index contributed by atoms with van der Waals surface area (Å²) in [6.07, 6.45) is 2.90. The minimum atomic E-state index is 0.156. The molecule has 0 saturated heterocycles. The Hall–Kier alpha value is -1.65. The van der Waals surface area contributed by atoms with Crippen LogP contribution in [-0.2, 0) is 13.6 Å². The van der Waals surface area contributed by atoms with Gasteiger partial charge >= 0.3 is 0 Å². The summed E-state index contributed by atoms with van der Waals surface area (Å²) in [6, 6.07) is 8.97. The molecule has 1 aliphatic rings. The van der Waals surface area contributed by atoms with E-state index >= 15 is 0 Å². The molecule has 19 heavy (non-hydrogen) atoms. The van der Waals surface area contributed by atoms with Crippen LogP contribution >= 0.6 is 0 Å². The SMILES string of the molecule is Cc1c(CNC2CC(N)c3ccccc32)cnn1C. The highest BCUT2D eigenvalue weighted by molar-refractivity contribution is 5.37. The third kappa shape index (κ3) is 2.17. The number of nitrogens with one attached hydrogen (secondary N) is 1. The van der Waals surface area contributed by atoms with Gasteiger partial charge in [0, 0.05) is 36.9 Å². The molecule has 0 amide bonds. The lowest BCUT2D eigenvalue weighted by atomic mass is 10.1. The molecule has 1 aromatic heterocycles. The summed E-state index contributed by atoms with van der Waals surface area (Å²) in [5, 5.41) is 7.88. The number of aryl methyl sites for hydroxylation is 1. The van der Waals surface area contributed by atoms with Gasteiger partial charge < -0.3 is 11.1 Å². The third-order valence-corrected chi connectivity index (χ3v) is 4.14. The van der Waals surface area contributed by atoms with Gasteiger partial charge in [-0.05, 0) is 24.5 Å². The van der Waals surface area contributed by atoms with Crippen molar-refractivity contribution in [1.29, 1.82) is 0 Å². The van der Waals surface area contributed by atoms with Crippen LogP contribution in [0.25, 0.3) is 0 Å². The molecule has 1 heterocycles. The van der Waals surface area contributed by atoms with Crippen LogP contribution in [0.15, 0.2) is 30.5 Å². The topological polar surface area (TPSA) is 55.9 Å². The average Bonchev–Trinajstić information content (AvgIpc) is 2.91. The van der Waals surface area contributed by atoms with Gasteiger partial charge in [0.25, 0.3) is 0 Å². The van der Waals surface area contributed by atoms with Gasteiger partial charge in [-0.2, -0.15) is 5.10 Å². The first-order chi connectivity index (χ1) is 9.16. The molecule has 0 saturated carbocycles. The van der Waals surface area contributed by atoms with Crippen LogP contribution in [0.1, 0.15) is 40.9 Å². The van der Waals surface area contributed by atoms with Crippen molar-refractivity contribution in [1.82, 2.24) is 15.1 Å². The van der Waals surface area contributed by atoms with Gasteiger partial charge in [0.1, 0.15) is 0 Å². The van der Waals surface area contributed by atoms with E-state index in [9.17, 15) is 0 Å². The van der Waals surface area contributed by atoms with Gasteiger partial charge in [0.15, 0.2) is 0 Å². The molecular formula is C15H20N4. The highest BCUT2D eigenvalue weighted by atomic mass is 15.3. The van der Waals surface area contributed by atoms with Gasteiger partial charge in [0.05, 0.1) is 6.20 Å². The monoisotopic (exact) mass is 256 g/mol. The number of fused-ring (bicyclic) bond motifs is 1. The molecule has 2 aromatic rings. The summed E-state index contributed by atoms with van der Waals surface area (Å²) in [5.41, 5.74) is 11.3. The lowest BCUT2D eigenvalue weighted by Crippen LogP contribution is -2.20. The number of benzene rings is 1. The second-order valence-electron chi connectivity index (χ2n) is 5.28. The molecule has 0 fully saturated rings. The Labute approximate surface area is 113 Å². The van der Waals surface area contributed by atoms with Crippen molar-refractivity contribution >= 4 is 0 Å². The Morgan fingerprint density at radius 1 is 1.37 bits per heavy atom. The Kier molecular flexibility index (Phi) is 3.12. The van der Waals surface area contributed by atoms with E-state index in [1.54, 1.807) is 0 Å². The molecule has 2 unspecified atom stereocenters. The molecule has 2 atom stereocenters. The van der Waals surface area contributed by atoms with Crippen LogP contribution in [0, 0.1) is 6.92 Å². The predicted molar refractivity (Wildman–Crippen MR) is 75.5 cm³/mol. The Morgan fingerprint density at radius 2 is 2.11 bits per heavy atom. The first kappa shape index (κ1) is 12.4. The van der Waals surface area contributed by atoms with Crippen molar-refractivity contribution in [2.75, 3.05) is 0 Å². The van der Waals surface area contributed by atoms with E-state index < -0.39 is 0 Å². The predicted octanol–water partition coefficient (Wildman–Crippen LogP) is 1.96. The van der Waals surface area contributed by atoms with Crippen molar-refractivity contribution < 1.29 is 0 Å². The molecule has 3 N–H and O–H groups in total. The molecule has 0 radical (unpaired) electrons. The molecule has 4 nitrogen and oxygen atoms in total. The Balaban J connectivity index is 1.74. The molecular weight excluding hydrogens is 236 g/mol. The second kappa shape index (κ2) is 4.79. The highest BCUT2D eigenvalue weighted by Crippen LogP contribution is 2.37. The fourth-order valence-corrected chi connectivity index (χ4v) is 2.82. The number of aromatic nitrogens is 2. The summed E-state index contributed by atoms with van der Waals surface area (Å²) >= 11 is 0. The number of rotatable bonds is 3. The standard InChI is InChI=1S/C15H20N4/c1-10-11(9-18-19(10)2)8-17-15-7-14(16)12-5-3-4-6-13(12)15/h3-6,9,14-15,17H,7-8,16H2,1-2H3. The van der Waals surface area contributed by atoms with Crippen molar-refractivity contribution in [2.24, 2.45) is 12.8 Å². The van der Waals surface area contributed by atoms with Gasteiger partial charge in [0.2, 0.25) is 0 Å². The first-order valence-electron chi connectivity index (χ1n) is 6.72. The van der Waals surface area contributed by atoms with Crippen molar-refractivity contribution in [3.63, 3.8) is 0 Å². The zero-order valence-corrected chi connectivity index (χ0v) is 11.4. The third-order valence-electron chi connectivity index (χ3n) is 4.14. The average molecular weight is 256 g/mol. The van der Waals surface area contributed by atoms with Crippen LogP contribution in [0.3, 0.4) is 0 Å². The Morgan fingerprint density at radius 3 is 2.79 bits per heavy atom. The highest BCUT2D eigenvalue weighted by Gasteiger charge is 2.27. The normalized spacial score (nSPS) is 21.6. The zero-order valence-electron chi connectivity index (χ0n) is 11.4. The summed E-state index contributed by atoms with van der Waals surface area (Å²) in [7, 11) is 1.97. The van der Waals surface area contributed by atoms with E-state index in [0.717, 1.165) is 13.0 Å². The molecule has 1 aliphatic carbocycles. The maximum absolute atomic E-state index is 6.18. The summed E-state index contributed by atoms with van der Waals surface area (Å²) in [6.45, 7) is 2.93. The van der Waals surface area contributed by atoms with E-state index in [1.165, 1.54) is 22.4 Å². The van der Waals surface area contributed by atoms with E-state index in [1.807, 2.05) is 17.9 Å². The molecule has 4 heteroatoms. The smallest absolute Gasteiger partial charge is 0.0537 e. The first-order valence-corrected chi connectivity index (χ1v) is 6.72. The number of nitrogens with zero attached hydrogens (tertiary/aromatic N) is 2. The van der Waals surface area contributed by atoms with E-state index in [2.05, 4.69) is 41.6 Å². The van der Waals surface area contributed by atoms with Crippen LogP contribution in [0.5, 0.6) is 0 Å². The minimum absolute atomic E-state index is 0.156. The maximum atomic E-state index is 6.18. The van der Waals surface area contributed by atoms with Crippen LogP contribution in [-0.4, -0.2) is 9.78 Å². The Bertz CT molecular complexity index is 588. The second-order valence-corrected chi connectivity index (χ2v) is 5.28. The zero-order chi connectivity index (χ0) is 13.4. The van der Waals surface area contributed by atoms with Crippen LogP contribution < -0.4 is 11.1 Å². The van der Waals surface area contributed by atoms with Crippen molar-refractivity contribution in [3.8, 4) is 0 Å². The fraction of sp³-hybridized carbons (Fsp3) is 0.400. The molecule has 0 spiro atoms. The molecule has 3 rings (SSSR count). The van der Waals surface area contributed by atoms with Gasteiger partial charge in [-0.15, -0.1) is 0 Å². The van der Waals surface area contributed by atoms with Crippen LogP contribution in [0.4, 0.5) is 0 Å². The largest absolute Gasteiger partial charge is 0.324 e. The summed E-state index contributed by atoms with van der Waals surface area (Å²) in [5.74, 6) is 0. The molecule has 100 valence electrons. The lowest BCUT2D eigenvalue weighted by Gasteiger charge is -2.13. The number of nitrogens with two attached hydrogens (primary N) is 1. The number of hydrogen-bond acceptors (Lipinski definition) is 3. The quantitative estimate of drug-likeness (QED) is 0.882. The fourth-order valence-electron chi connectivity index (χ4n) is 2.82. The van der Waals surface area contributed by atoms with Gasteiger partial charge in [-0.3, -0.25) is 4.68 Å². The van der Waals surface area contributed by atoms with E-state index in [-0.39, 0.29) is 6.04 Å². The van der Waals surface area contributed by atoms with Gasteiger partial charge in [-0.1, -0.05) is 24.3 Å². The minimum Gasteiger partial charge on any atom is -0.324 e. The van der Waals surface area contributed by atoms with Crippen molar-refractivity contribution in [2.45, 2.75) is 32.0 Å². The van der Waals surface area contributed by atoms with Gasteiger partial charge in [-0.25, -0.2) is 0 Å².